The number of carbonyl (C=O) groups is 1. The average Bonchev–Trinajstić information content (AvgIpc) is 2.26. The summed E-state index contributed by atoms with van der Waals surface area (Å²) in [6.45, 7) is 12.6. The van der Waals surface area contributed by atoms with E-state index in [1.165, 1.54) is 12.8 Å². The molecule has 18 heavy (non-hydrogen) atoms. The van der Waals surface area contributed by atoms with Gasteiger partial charge in [0.15, 0.2) is 0 Å². The lowest BCUT2D eigenvalue weighted by atomic mass is 9.95. The number of carbonyl (C=O) groups excluding carboxylic acids is 1. The first-order chi connectivity index (χ1) is 8.28. The molecule has 0 aromatic rings. The van der Waals surface area contributed by atoms with Gasteiger partial charge < -0.3 is 16.0 Å². The summed E-state index contributed by atoms with van der Waals surface area (Å²) in [6.07, 6.45) is 2.51. The van der Waals surface area contributed by atoms with Crippen molar-refractivity contribution >= 4 is 5.91 Å². The lowest BCUT2D eigenvalue weighted by molar-refractivity contribution is -0.122. The number of rotatable bonds is 5. The molecule has 1 heterocycles. The third kappa shape index (κ3) is 5.83. The molecule has 106 valence electrons. The van der Waals surface area contributed by atoms with Crippen molar-refractivity contribution in [1.29, 1.82) is 0 Å². The van der Waals surface area contributed by atoms with Crippen LogP contribution in [0, 0.1) is 11.8 Å². The number of hydrogen-bond donors (Lipinski definition) is 2. The van der Waals surface area contributed by atoms with Crippen LogP contribution in [-0.4, -0.2) is 42.5 Å². The molecule has 1 saturated heterocycles. The molecule has 1 fully saturated rings. The van der Waals surface area contributed by atoms with Crippen molar-refractivity contribution in [3.63, 3.8) is 0 Å². The molecule has 0 spiro atoms. The van der Waals surface area contributed by atoms with Gasteiger partial charge in [0.1, 0.15) is 0 Å². The van der Waals surface area contributed by atoms with E-state index in [1.807, 2.05) is 6.92 Å². The second-order valence-corrected chi connectivity index (χ2v) is 6.70. The van der Waals surface area contributed by atoms with Gasteiger partial charge in [-0.05, 0) is 52.6 Å². The van der Waals surface area contributed by atoms with Crippen molar-refractivity contribution in [2.75, 3.05) is 26.2 Å². The van der Waals surface area contributed by atoms with Gasteiger partial charge in [-0.1, -0.05) is 6.92 Å². The van der Waals surface area contributed by atoms with Crippen LogP contribution in [0.2, 0.25) is 0 Å². The monoisotopic (exact) mass is 255 g/mol. The zero-order valence-corrected chi connectivity index (χ0v) is 12.3. The van der Waals surface area contributed by atoms with E-state index >= 15 is 0 Å². The number of nitrogens with two attached hydrogens (primary N) is 1. The predicted molar refractivity (Wildman–Crippen MR) is 75.3 cm³/mol. The van der Waals surface area contributed by atoms with Crippen molar-refractivity contribution in [3.05, 3.63) is 0 Å². The number of nitrogens with zero attached hydrogens (tertiary/aromatic N) is 1. The second-order valence-electron chi connectivity index (χ2n) is 6.70. The first-order valence-electron chi connectivity index (χ1n) is 7.04. The maximum atomic E-state index is 11.1. The van der Waals surface area contributed by atoms with Gasteiger partial charge in [0.25, 0.3) is 0 Å². The van der Waals surface area contributed by atoms with Crippen molar-refractivity contribution in [1.82, 2.24) is 10.2 Å². The lowest BCUT2D eigenvalue weighted by Gasteiger charge is -2.35. The van der Waals surface area contributed by atoms with E-state index in [4.69, 9.17) is 5.73 Å². The van der Waals surface area contributed by atoms with Gasteiger partial charge in [0, 0.05) is 24.5 Å². The number of piperidine rings is 1. The van der Waals surface area contributed by atoms with Crippen LogP contribution >= 0.6 is 0 Å². The molecule has 1 aliphatic heterocycles. The summed E-state index contributed by atoms with van der Waals surface area (Å²) in [5.41, 5.74) is 5.51. The number of primary amides is 1. The van der Waals surface area contributed by atoms with Crippen LogP contribution in [0.5, 0.6) is 0 Å². The van der Waals surface area contributed by atoms with Crippen LogP contribution in [0.15, 0.2) is 0 Å². The molecule has 0 aromatic heterocycles. The molecule has 1 rings (SSSR count). The van der Waals surface area contributed by atoms with Gasteiger partial charge in [-0.2, -0.15) is 0 Å². The highest BCUT2D eigenvalue weighted by Crippen LogP contribution is 2.17. The highest BCUT2D eigenvalue weighted by molar-refractivity contribution is 5.76. The molecule has 3 N–H and O–H groups in total. The Hall–Kier alpha value is -0.610. The van der Waals surface area contributed by atoms with Crippen LogP contribution in [0.1, 0.15) is 40.5 Å². The molecule has 4 heteroatoms. The standard InChI is InChI=1S/C14H29N3O/c1-11(13(15)18)9-17-7-5-6-12(10-17)8-16-14(2,3)4/h11-12,16H,5-10H2,1-4H3,(H2,15,18). The fourth-order valence-electron chi connectivity index (χ4n) is 2.41. The minimum atomic E-state index is -0.190. The Balaban J connectivity index is 2.34. The zero-order chi connectivity index (χ0) is 13.8. The molecule has 2 unspecified atom stereocenters. The van der Waals surface area contributed by atoms with Crippen LogP contribution in [0.3, 0.4) is 0 Å². The van der Waals surface area contributed by atoms with Crippen LogP contribution in [0.25, 0.3) is 0 Å². The molecule has 4 nitrogen and oxygen atoms in total. The maximum absolute atomic E-state index is 11.1. The number of nitrogens with one attached hydrogen (secondary N) is 1. The fourth-order valence-corrected chi connectivity index (χ4v) is 2.41. The minimum absolute atomic E-state index is 0.0423. The van der Waals surface area contributed by atoms with E-state index in [9.17, 15) is 4.79 Å². The summed E-state index contributed by atoms with van der Waals surface area (Å²) in [4.78, 5) is 13.5. The fraction of sp³-hybridized carbons (Fsp3) is 0.929. The lowest BCUT2D eigenvalue weighted by Crippen LogP contribution is -2.46. The Morgan fingerprint density at radius 3 is 2.72 bits per heavy atom. The van der Waals surface area contributed by atoms with E-state index in [0.29, 0.717) is 5.92 Å². The Kier molecular flexibility index (Phi) is 5.60. The predicted octanol–water partition coefficient (Wildman–Crippen LogP) is 1.21. The van der Waals surface area contributed by atoms with Gasteiger partial charge in [-0.25, -0.2) is 0 Å². The summed E-state index contributed by atoms with van der Waals surface area (Å²) in [5.74, 6) is 0.460. The van der Waals surface area contributed by atoms with Gasteiger partial charge in [0.05, 0.1) is 0 Å². The molecular weight excluding hydrogens is 226 g/mol. The average molecular weight is 255 g/mol. The normalized spacial score (nSPS) is 23.9. The van der Waals surface area contributed by atoms with Gasteiger partial charge in [0.2, 0.25) is 5.91 Å². The summed E-state index contributed by atoms with van der Waals surface area (Å²) in [7, 11) is 0. The molecular formula is C14H29N3O. The molecule has 2 atom stereocenters. The van der Waals surface area contributed by atoms with E-state index < -0.39 is 0 Å². The highest BCUT2D eigenvalue weighted by atomic mass is 16.1. The van der Waals surface area contributed by atoms with Crippen LogP contribution in [-0.2, 0) is 4.79 Å². The Morgan fingerprint density at radius 1 is 1.50 bits per heavy atom. The molecule has 1 amide bonds. The van der Waals surface area contributed by atoms with E-state index in [0.717, 1.165) is 26.2 Å². The number of likely N-dealkylation sites (tertiary alicyclic amines) is 1. The van der Waals surface area contributed by atoms with Crippen molar-refractivity contribution < 1.29 is 4.79 Å². The first-order valence-corrected chi connectivity index (χ1v) is 7.04. The summed E-state index contributed by atoms with van der Waals surface area (Å²) < 4.78 is 0. The Labute approximate surface area is 111 Å². The Bertz CT molecular complexity index is 273. The summed E-state index contributed by atoms with van der Waals surface area (Å²) in [6, 6.07) is 0. The second kappa shape index (κ2) is 6.53. The molecule has 0 aliphatic carbocycles. The summed E-state index contributed by atoms with van der Waals surface area (Å²) >= 11 is 0. The Morgan fingerprint density at radius 2 is 2.17 bits per heavy atom. The van der Waals surface area contributed by atoms with Crippen LogP contribution in [0.4, 0.5) is 0 Å². The van der Waals surface area contributed by atoms with Gasteiger partial charge in [-0.15, -0.1) is 0 Å². The van der Waals surface area contributed by atoms with E-state index in [1.54, 1.807) is 0 Å². The smallest absolute Gasteiger partial charge is 0.221 e. The number of hydrogen-bond acceptors (Lipinski definition) is 3. The van der Waals surface area contributed by atoms with Gasteiger partial charge in [-0.3, -0.25) is 4.79 Å². The molecule has 1 aliphatic rings. The molecule has 0 radical (unpaired) electrons. The topological polar surface area (TPSA) is 58.4 Å². The molecule has 0 bridgehead atoms. The minimum Gasteiger partial charge on any atom is -0.369 e. The third-order valence-electron chi connectivity index (χ3n) is 3.54. The quantitative estimate of drug-likeness (QED) is 0.776. The maximum Gasteiger partial charge on any atom is 0.221 e. The molecule has 0 aromatic carbocycles. The highest BCUT2D eigenvalue weighted by Gasteiger charge is 2.23. The molecule has 0 saturated carbocycles. The largest absolute Gasteiger partial charge is 0.369 e. The number of amides is 1. The van der Waals surface area contributed by atoms with Crippen molar-refractivity contribution in [2.24, 2.45) is 17.6 Å². The third-order valence-corrected chi connectivity index (χ3v) is 3.54. The zero-order valence-electron chi connectivity index (χ0n) is 12.3. The SMILES string of the molecule is CC(CN1CCCC(CNC(C)(C)C)C1)C(N)=O. The first kappa shape index (κ1) is 15.4. The van der Waals surface area contributed by atoms with E-state index in [2.05, 4.69) is 31.0 Å². The van der Waals surface area contributed by atoms with E-state index in [-0.39, 0.29) is 17.4 Å². The van der Waals surface area contributed by atoms with Crippen molar-refractivity contribution in [2.45, 2.75) is 46.1 Å². The van der Waals surface area contributed by atoms with Crippen LogP contribution < -0.4 is 11.1 Å². The van der Waals surface area contributed by atoms with Gasteiger partial charge >= 0.3 is 0 Å². The van der Waals surface area contributed by atoms with Crippen molar-refractivity contribution in [3.8, 4) is 0 Å². The summed E-state index contributed by atoms with van der Waals surface area (Å²) in [5, 5.41) is 3.57.